The highest BCUT2D eigenvalue weighted by molar-refractivity contribution is 5.87. The van der Waals surface area contributed by atoms with Crippen LogP contribution in [0.2, 0.25) is 0 Å². The smallest absolute Gasteiger partial charge is 0.337 e. The minimum atomic E-state index is -0.982. The maximum Gasteiger partial charge on any atom is 0.337 e. The highest BCUT2D eigenvalue weighted by atomic mass is 16.5. The Morgan fingerprint density at radius 1 is 0.923 bits per heavy atom. The molecule has 4 saturated carbocycles. The lowest BCUT2D eigenvalue weighted by atomic mass is 9.51. The molecule has 0 spiro atoms. The average molecular weight is 349 g/mol. The number of aromatic nitrogens is 1. The van der Waals surface area contributed by atoms with Crippen molar-refractivity contribution in [2.45, 2.75) is 38.0 Å². The monoisotopic (exact) mass is 349 g/mol. The zero-order valence-electron chi connectivity index (χ0n) is 14.7. The van der Waals surface area contributed by atoms with E-state index in [0.29, 0.717) is 5.88 Å². The van der Waals surface area contributed by atoms with Crippen LogP contribution in [0.3, 0.4) is 0 Å². The van der Waals surface area contributed by atoms with Gasteiger partial charge in [0.15, 0.2) is 0 Å². The molecule has 4 bridgehead atoms. The van der Waals surface area contributed by atoms with Crippen LogP contribution in [0.25, 0.3) is 0 Å². The topological polar surface area (TPSA) is 59.4 Å². The van der Waals surface area contributed by atoms with Crippen molar-refractivity contribution in [1.29, 1.82) is 0 Å². The van der Waals surface area contributed by atoms with Crippen molar-refractivity contribution in [1.82, 2.24) is 4.98 Å². The van der Waals surface area contributed by atoms with Crippen molar-refractivity contribution in [3.05, 3.63) is 53.7 Å². The molecule has 26 heavy (non-hydrogen) atoms. The fourth-order valence-electron chi connectivity index (χ4n) is 5.92. The summed E-state index contributed by atoms with van der Waals surface area (Å²) in [4.78, 5) is 14.9. The number of ether oxygens (including phenoxy) is 1. The predicted octanol–water partition coefficient (Wildman–Crippen LogP) is 5.11. The van der Waals surface area contributed by atoms with E-state index in [1.54, 1.807) is 6.07 Å². The molecule has 4 fully saturated rings. The van der Waals surface area contributed by atoms with Gasteiger partial charge in [0.05, 0.1) is 5.56 Å². The van der Waals surface area contributed by atoms with Gasteiger partial charge in [-0.3, -0.25) is 0 Å². The fourth-order valence-corrected chi connectivity index (χ4v) is 5.92. The molecule has 134 valence electrons. The average Bonchev–Trinajstić information content (AvgIpc) is 2.63. The summed E-state index contributed by atoms with van der Waals surface area (Å²) in [7, 11) is 0. The minimum absolute atomic E-state index is 0.162. The van der Waals surface area contributed by atoms with Crippen LogP contribution >= 0.6 is 0 Å². The number of benzene rings is 1. The number of hydrogen-bond acceptors (Lipinski definition) is 3. The zero-order valence-corrected chi connectivity index (χ0v) is 14.7. The van der Waals surface area contributed by atoms with E-state index in [2.05, 4.69) is 17.1 Å². The second-order valence-electron chi connectivity index (χ2n) is 8.32. The molecule has 4 heteroatoms. The van der Waals surface area contributed by atoms with E-state index in [-0.39, 0.29) is 5.56 Å². The Morgan fingerprint density at radius 2 is 1.58 bits per heavy atom. The number of rotatable bonds is 4. The Kier molecular flexibility index (Phi) is 3.73. The van der Waals surface area contributed by atoms with Crippen molar-refractivity contribution in [3.8, 4) is 11.6 Å². The van der Waals surface area contributed by atoms with Crippen molar-refractivity contribution in [3.63, 3.8) is 0 Å². The van der Waals surface area contributed by atoms with E-state index in [4.69, 9.17) is 9.84 Å². The Bertz CT molecular complexity index is 784. The number of hydrogen-bond donors (Lipinski definition) is 1. The first kappa shape index (κ1) is 15.9. The van der Waals surface area contributed by atoms with Crippen LogP contribution in [0.4, 0.5) is 0 Å². The van der Waals surface area contributed by atoms with Gasteiger partial charge in [-0.1, -0.05) is 12.1 Å². The third-order valence-electron chi connectivity index (χ3n) is 6.70. The van der Waals surface area contributed by atoms with Crippen LogP contribution in [-0.2, 0) is 0 Å². The highest BCUT2D eigenvalue weighted by Gasteiger charge is 2.48. The number of carboxylic acid groups (broad SMARTS) is 1. The van der Waals surface area contributed by atoms with Gasteiger partial charge in [-0.05, 0) is 85.5 Å². The normalized spacial score (nSPS) is 31.8. The molecule has 1 N–H and O–H groups in total. The maximum absolute atomic E-state index is 10.9. The van der Waals surface area contributed by atoms with Crippen LogP contribution in [-0.4, -0.2) is 16.1 Å². The third kappa shape index (κ3) is 2.77. The summed E-state index contributed by atoms with van der Waals surface area (Å²) in [5.74, 6) is 4.65. The predicted molar refractivity (Wildman–Crippen MR) is 97.5 cm³/mol. The summed E-state index contributed by atoms with van der Waals surface area (Å²) in [6.07, 6.45) is 8.51. The van der Waals surface area contributed by atoms with Crippen LogP contribution in [0.1, 0.15) is 53.9 Å². The summed E-state index contributed by atoms with van der Waals surface area (Å²) in [6.45, 7) is 0. The highest BCUT2D eigenvalue weighted by Crippen LogP contribution is 2.59. The molecule has 2 aromatic rings. The number of nitrogens with zero attached hydrogens (tertiary/aromatic N) is 1. The molecule has 0 atom stereocenters. The fraction of sp³-hybridized carbons (Fsp3) is 0.455. The first-order valence-corrected chi connectivity index (χ1v) is 9.63. The molecule has 4 aliphatic carbocycles. The van der Waals surface area contributed by atoms with Crippen molar-refractivity contribution in [2.75, 3.05) is 0 Å². The Hall–Kier alpha value is -2.36. The standard InChI is InChI=1S/C22H23NO3/c24-22(25)16-3-6-20(23-12-16)26-19-4-1-15(2-5-19)21-17-8-13-7-14(10-17)11-18(21)9-13/h1-6,12-14,17-18,21H,7-11H2,(H,24,25). The van der Waals surface area contributed by atoms with Gasteiger partial charge in [-0.2, -0.15) is 0 Å². The molecule has 0 radical (unpaired) electrons. The van der Waals surface area contributed by atoms with Gasteiger partial charge in [0.2, 0.25) is 5.88 Å². The zero-order chi connectivity index (χ0) is 17.7. The number of carboxylic acids is 1. The third-order valence-corrected chi connectivity index (χ3v) is 6.70. The molecular formula is C22H23NO3. The molecule has 0 aliphatic heterocycles. The van der Waals surface area contributed by atoms with Gasteiger partial charge < -0.3 is 9.84 Å². The summed E-state index contributed by atoms with van der Waals surface area (Å²) < 4.78 is 5.77. The molecular weight excluding hydrogens is 326 g/mol. The van der Waals surface area contributed by atoms with Gasteiger partial charge in [0.1, 0.15) is 5.75 Å². The van der Waals surface area contributed by atoms with Crippen molar-refractivity contribution in [2.24, 2.45) is 23.7 Å². The lowest BCUT2D eigenvalue weighted by Crippen LogP contribution is -2.43. The molecule has 0 unspecified atom stereocenters. The van der Waals surface area contributed by atoms with Crippen molar-refractivity contribution < 1.29 is 14.6 Å². The molecule has 0 amide bonds. The quantitative estimate of drug-likeness (QED) is 0.833. The van der Waals surface area contributed by atoms with Crippen LogP contribution in [0.5, 0.6) is 11.6 Å². The maximum atomic E-state index is 10.9. The first-order chi connectivity index (χ1) is 12.7. The van der Waals surface area contributed by atoms with E-state index in [1.807, 2.05) is 12.1 Å². The molecule has 6 rings (SSSR count). The lowest BCUT2D eigenvalue weighted by molar-refractivity contribution is -0.00279. The molecule has 4 nitrogen and oxygen atoms in total. The van der Waals surface area contributed by atoms with Crippen LogP contribution in [0.15, 0.2) is 42.6 Å². The Morgan fingerprint density at radius 3 is 2.12 bits per heavy atom. The van der Waals surface area contributed by atoms with E-state index in [9.17, 15) is 4.79 Å². The minimum Gasteiger partial charge on any atom is -0.478 e. The second-order valence-corrected chi connectivity index (χ2v) is 8.32. The lowest BCUT2D eigenvalue weighted by Gasteiger charge is -2.54. The second kappa shape index (κ2) is 6.11. The first-order valence-electron chi connectivity index (χ1n) is 9.63. The number of pyridine rings is 1. The molecule has 0 saturated heterocycles. The SMILES string of the molecule is O=C(O)c1ccc(Oc2ccc(C3C4CC5CC(C4)CC3C5)cc2)nc1. The van der Waals surface area contributed by atoms with Crippen LogP contribution in [0, 0.1) is 23.7 Å². The van der Waals surface area contributed by atoms with E-state index in [1.165, 1.54) is 49.9 Å². The van der Waals surface area contributed by atoms with Crippen LogP contribution < -0.4 is 4.74 Å². The van der Waals surface area contributed by atoms with E-state index < -0.39 is 5.97 Å². The molecule has 1 aromatic carbocycles. The molecule has 1 aromatic heterocycles. The van der Waals surface area contributed by atoms with Gasteiger partial charge in [-0.15, -0.1) is 0 Å². The van der Waals surface area contributed by atoms with Gasteiger partial charge in [-0.25, -0.2) is 9.78 Å². The summed E-state index contributed by atoms with van der Waals surface area (Å²) >= 11 is 0. The van der Waals surface area contributed by atoms with Crippen molar-refractivity contribution >= 4 is 5.97 Å². The summed E-state index contributed by atoms with van der Waals surface area (Å²) in [5.41, 5.74) is 1.62. The Labute approximate surface area is 153 Å². The number of carbonyl (C=O) groups is 1. The van der Waals surface area contributed by atoms with Gasteiger partial charge in [0, 0.05) is 12.3 Å². The summed E-state index contributed by atoms with van der Waals surface area (Å²) in [5, 5.41) is 8.93. The largest absolute Gasteiger partial charge is 0.478 e. The number of aromatic carboxylic acids is 1. The Balaban J connectivity index is 1.31. The van der Waals surface area contributed by atoms with E-state index in [0.717, 1.165) is 35.3 Å². The molecule has 4 aliphatic rings. The van der Waals surface area contributed by atoms with E-state index >= 15 is 0 Å². The van der Waals surface area contributed by atoms with Gasteiger partial charge >= 0.3 is 5.97 Å². The molecule has 1 heterocycles. The van der Waals surface area contributed by atoms with Gasteiger partial charge in [0.25, 0.3) is 0 Å². The summed E-state index contributed by atoms with van der Waals surface area (Å²) in [6, 6.07) is 11.6.